The molecule has 1 aromatic carbocycles. The summed E-state index contributed by atoms with van der Waals surface area (Å²) in [5.74, 6) is -0.251. The van der Waals surface area contributed by atoms with Crippen molar-refractivity contribution in [3.63, 3.8) is 0 Å². The number of nitrogens with one attached hydrogen (secondary N) is 2. The largest absolute Gasteiger partial charge is 0.386 e. The van der Waals surface area contributed by atoms with E-state index in [9.17, 15) is 9.59 Å². The number of nitrogens with zero attached hydrogens (tertiary/aromatic N) is 3. The number of carbonyl (C=O) groups excluding carboxylic acids is 2. The van der Waals surface area contributed by atoms with E-state index in [0.29, 0.717) is 31.8 Å². The molecule has 31 heavy (non-hydrogen) atoms. The van der Waals surface area contributed by atoms with Crippen molar-refractivity contribution in [2.45, 2.75) is 44.8 Å². The fraction of sp³-hybridized carbons (Fsp3) is 0.391. The van der Waals surface area contributed by atoms with Crippen molar-refractivity contribution in [2.75, 3.05) is 18.4 Å². The maximum atomic E-state index is 12.8. The highest BCUT2D eigenvalue weighted by Crippen LogP contribution is 2.33. The van der Waals surface area contributed by atoms with Gasteiger partial charge < -0.3 is 20.4 Å². The highest BCUT2D eigenvalue weighted by atomic mass is 16.7. The molecular formula is C23H27N5O3. The minimum absolute atomic E-state index is 0.162. The van der Waals surface area contributed by atoms with Crippen molar-refractivity contribution in [1.82, 2.24) is 15.2 Å². The first-order valence-electron chi connectivity index (χ1n) is 10.6. The molecule has 0 radical (unpaired) electrons. The van der Waals surface area contributed by atoms with Crippen LogP contribution in [0.1, 0.15) is 37.3 Å². The van der Waals surface area contributed by atoms with Crippen molar-refractivity contribution in [2.24, 2.45) is 5.16 Å². The van der Waals surface area contributed by atoms with Gasteiger partial charge in [0.15, 0.2) is 5.60 Å². The molecule has 162 valence electrons. The average Bonchev–Trinajstić information content (AvgIpc) is 3.21. The van der Waals surface area contributed by atoms with Gasteiger partial charge in [0.2, 0.25) is 0 Å². The number of hydrogen-bond donors (Lipinski definition) is 2. The quantitative estimate of drug-likeness (QED) is 0.775. The zero-order valence-electron chi connectivity index (χ0n) is 17.6. The van der Waals surface area contributed by atoms with Crippen LogP contribution in [-0.2, 0) is 22.6 Å². The number of piperidine rings is 1. The summed E-state index contributed by atoms with van der Waals surface area (Å²) in [5.41, 5.74) is 2.59. The molecule has 3 amide bonds. The second kappa shape index (κ2) is 9.16. The van der Waals surface area contributed by atoms with Crippen molar-refractivity contribution in [1.29, 1.82) is 0 Å². The topological polar surface area (TPSA) is 95.9 Å². The van der Waals surface area contributed by atoms with Crippen LogP contribution in [0.25, 0.3) is 0 Å². The van der Waals surface area contributed by atoms with Gasteiger partial charge in [0.1, 0.15) is 5.71 Å². The van der Waals surface area contributed by atoms with Gasteiger partial charge in [0.05, 0.1) is 6.54 Å². The molecule has 0 saturated carbocycles. The van der Waals surface area contributed by atoms with Crippen molar-refractivity contribution in [3.8, 4) is 0 Å². The van der Waals surface area contributed by atoms with Gasteiger partial charge in [0, 0.05) is 37.6 Å². The molecule has 0 unspecified atom stereocenters. The van der Waals surface area contributed by atoms with Gasteiger partial charge in [-0.05, 0) is 48.6 Å². The fourth-order valence-corrected chi connectivity index (χ4v) is 3.99. The molecule has 1 atom stereocenters. The molecule has 0 bridgehead atoms. The zero-order valence-corrected chi connectivity index (χ0v) is 17.6. The van der Waals surface area contributed by atoms with Crippen molar-refractivity contribution < 1.29 is 14.4 Å². The van der Waals surface area contributed by atoms with Crippen LogP contribution in [0.15, 0.2) is 53.9 Å². The third kappa shape index (κ3) is 5.02. The number of oxime groups is 1. The summed E-state index contributed by atoms with van der Waals surface area (Å²) in [6, 6.07) is 11.4. The number of likely N-dealkylation sites (tertiary alicyclic amines) is 1. The number of amides is 3. The van der Waals surface area contributed by atoms with Gasteiger partial charge in [-0.25, -0.2) is 4.79 Å². The molecule has 2 N–H and O–H groups in total. The number of rotatable bonds is 5. The molecule has 1 saturated heterocycles. The summed E-state index contributed by atoms with van der Waals surface area (Å²) in [5, 5.41) is 9.89. The monoisotopic (exact) mass is 421 g/mol. The lowest BCUT2D eigenvalue weighted by Gasteiger charge is -2.38. The maximum Gasteiger partial charge on any atom is 0.321 e. The number of pyridine rings is 1. The van der Waals surface area contributed by atoms with Gasteiger partial charge in [-0.15, -0.1) is 0 Å². The summed E-state index contributed by atoms with van der Waals surface area (Å²) in [4.78, 5) is 36.9. The Morgan fingerprint density at radius 3 is 2.90 bits per heavy atom. The smallest absolute Gasteiger partial charge is 0.321 e. The van der Waals surface area contributed by atoms with E-state index in [1.54, 1.807) is 17.3 Å². The van der Waals surface area contributed by atoms with E-state index in [4.69, 9.17) is 4.84 Å². The number of aromatic nitrogens is 1. The lowest BCUT2D eigenvalue weighted by atomic mass is 9.88. The molecule has 4 rings (SSSR count). The third-order valence-electron chi connectivity index (χ3n) is 5.69. The highest BCUT2D eigenvalue weighted by Gasteiger charge is 2.45. The Hall–Kier alpha value is -3.42. The molecule has 8 nitrogen and oxygen atoms in total. The lowest BCUT2D eigenvalue weighted by molar-refractivity contribution is -0.115. The van der Waals surface area contributed by atoms with E-state index in [2.05, 4.69) is 27.7 Å². The molecule has 1 aromatic heterocycles. The number of carbonyl (C=O) groups is 2. The Morgan fingerprint density at radius 1 is 1.23 bits per heavy atom. The average molecular weight is 422 g/mol. The Morgan fingerprint density at radius 2 is 2.10 bits per heavy atom. The van der Waals surface area contributed by atoms with E-state index in [1.807, 2.05) is 36.4 Å². The Kier molecular flexibility index (Phi) is 6.16. The summed E-state index contributed by atoms with van der Waals surface area (Å²) in [6.45, 7) is 3.50. The zero-order chi connectivity index (χ0) is 21.7. The first-order chi connectivity index (χ1) is 15.1. The van der Waals surface area contributed by atoms with Gasteiger partial charge in [-0.2, -0.15) is 0 Å². The number of aryl methyl sites for hydroxylation is 1. The number of anilines is 1. The summed E-state index contributed by atoms with van der Waals surface area (Å²) < 4.78 is 0. The first kappa shape index (κ1) is 20.8. The van der Waals surface area contributed by atoms with E-state index in [0.717, 1.165) is 30.5 Å². The molecule has 2 aliphatic rings. The molecule has 2 aromatic rings. The third-order valence-corrected chi connectivity index (χ3v) is 5.69. The Bertz CT molecular complexity index is 978. The van der Waals surface area contributed by atoms with Crippen LogP contribution in [0, 0.1) is 0 Å². The Labute approximate surface area is 181 Å². The van der Waals surface area contributed by atoms with Crippen molar-refractivity contribution in [3.05, 3.63) is 59.9 Å². The minimum atomic E-state index is -0.637. The molecule has 8 heteroatoms. The number of urea groups is 1. The second-order valence-electron chi connectivity index (χ2n) is 8.04. The minimum Gasteiger partial charge on any atom is -0.386 e. The van der Waals surface area contributed by atoms with Gasteiger partial charge in [-0.3, -0.25) is 9.78 Å². The normalized spacial score (nSPS) is 20.2. The lowest BCUT2D eigenvalue weighted by Crippen LogP contribution is -2.52. The van der Waals surface area contributed by atoms with Crippen LogP contribution >= 0.6 is 0 Å². The summed E-state index contributed by atoms with van der Waals surface area (Å²) >= 11 is 0. The molecule has 2 aliphatic heterocycles. The summed E-state index contributed by atoms with van der Waals surface area (Å²) in [6.07, 6.45) is 6.25. The van der Waals surface area contributed by atoms with Crippen LogP contribution in [0.3, 0.4) is 0 Å². The maximum absolute atomic E-state index is 12.8. The molecule has 1 fully saturated rings. The second-order valence-corrected chi connectivity index (χ2v) is 8.04. The standard InChI is InChI=1S/C23H27N5O3/c1-2-17-6-3-8-19(12-17)26-22(30)28-11-5-9-23(16-28)13-20(27-31-23)21(29)25-15-18-7-4-10-24-14-18/h3-4,6-8,10,12,14H,2,5,9,11,13,15-16H2,1H3,(H,25,29)(H,26,30)/t23-/m0/s1. The van der Waals surface area contributed by atoms with Crippen LogP contribution in [0.2, 0.25) is 0 Å². The number of hydrogen-bond acceptors (Lipinski definition) is 5. The van der Waals surface area contributed by atoms with Crippen LogP contribution in [-0.4, -0.2) is 46.2 Å². The highest BCUT2D eigenvalue weighted by molar-refractivity contribution is 6.39. The molecule has 3 heterocycles. The van der Waals surface area contributed by atoms with Crippen LogP contribution < -0.4 is 10.6 Å². The van der Waals surface area contributed by atoms with Gasteiger partial charge >= 0.3 is 6.03 Å². The predicted molar refractivity (Wildman–Crippen MR) is 118 cm³/mol. The number of benzene rings is 1. The van der Waals surface area contributed by atoms with E-state index < -0.39 is 5.60 Å². The van der Waals surface area contributed by atoms with E-state index >= 15 is 0 Å². The van der Waals surface area contributed by atoms with E-state index in [-0.39, 0.29) is 11.9 Å². The predicted octanol–water partition coefficient (Wildman–Crippen LogP) is 3.10. The van der Waals surface area contributed by atoms with Crippen LogP contribution in [0.5, 0.6) is 0 Å². The first-order valence-corrected chi connectivity index (χ1v) is 10.6. The SMILES string of the molecule is CCc1cccc(NC(=O)N2CCC[C@]3(CC(C(=O)NCc4cccnc4)=NO3)C2)c1. The van der Waals surface area contributed by atoms with Crippen molar-refractivity contribution >= 4 is 23.3 Å². The summed E-state index contributed by atoms with van der Waals surface area (Å²) in [7, 11) is 0. The fourth-order valence-electron chi connectivity index (χ4n) is 3.99. The molecular weight excluding hydrogens is 394 g/mol. The Balaban J connectivity index is 1.32. The van der Waals surface area contributed by atoms with Crippen LogP contribution in [0.4, 0.5) is 10.5 Å². The van der Waals surface area contributed by atoms with E-state index in [1.165, 1.54) is 5.56 Å². The molecule has 1 spiro atoms. The van der Waals surface area contributed by atoms with Gasteiger partial charge in [-0.1, -0.05) is 30.3 Å². The van der Waals surface area contributed by atoms with Gasteiger partial charge in [0.25, 0.3) is 5.91 Å². The molecule has 0 aliphatic carbocycles.